The topological polar surface area (TPSA) is 51.0 Å². The van der Waals surface area contributed by atoms with Crippen LogP contribution in [0.3, 0.4) is 0 Å². The second kappa shape index (κ2) is 10.7. The molecule has 0 fully saturated rings. The molecule has 3 aromatic rings. The van der Waals surface area contributed by atoms with Crippen LogP contribution in [0, 0.1) is 0 Å². The van der Waals surface area contributed by atoms with E-state index in [1.807, 2.05) is 48.5 Å². The zero-order valence-corrected chi connectivity index (χ0v) is 19.0. The number of ether oxygens (including phenoxy) is 1. The third kappa shape index (κ3) is 5.46. The Kier molecular flexibility index (Phi) is 7.99. The predicted octanol–water partition coefficient (Wildman–Crippen LogP) is 7.72. The second-order valence-corrected chi connectivity index (χ2v) is 8.88. The lowest BCUT2D eigenvalue weighted by molar-refractivity contribution is 0.107. The summed E-state index contributed by atoms with van der Waals surface area (Å²) in [7, 11) is 4.55. The van der Waals surface area contributed by atoms with Crippen molar-refractivity contribution in [2.45, 2.75) is 9.79 Å². The molecule has 0 bridgehead atoms. The largest absolute Gasteiger partial charge is 0.494 e. The van der Waals surface area contributed by atoms with Crippen LogP contribution in [-0.2, 0) is 0 Å². The van der Waals surface area contributed by atoms with Crippen LogP contribution in [0.4, 0.5) is 11.4 Å². The van der Waals surface area contributed by atoms with Crippen molar-refractivity contribution >= 4 is 74.9 Å². The minimum atomic E-state index is -0.310. The zero-order chi connectivity index (χ0) is 21.5. The van der Waals surface area contributed by atoms with Gasteiger partial charge >= 0.3 is 0 Å². The van der Waals surface area contributed by atoms with Crippen molar-refractivity contribution in [3.8, 4) is 5.75 Å². The third-order valence-corrected chi connectivity index (χ3v) is 6.95. The molecule has 0 heterocycles. The Labute approximate surface area is 192 Å². The smallest absolute Gasteiger partial charge is 0.204 e. The van der Waals surface area contributed by atoms with Gasteiger partial charge in [0.2, 0.25) is 5.78 Å². The SMILES string of the molecule is C=Nc1ccccc1SSc1ccccc1N=CC(=O)c1cc(Cl)c(OC)c(Cl)c1. The van der Waals surface area contributed by atoms with Crippen molar-refractivity contribution in [1.82, 2.24) is 0 Å². The average Bonchev–Trinajstić information content (AvgIpc) is 2.76. The number of nitrogens with zero attached hydrogens (tertiary/aromatic N) is 2. The molecule has 30 heavy (non-hydrogen) atoms. The molecule has 0 saturated carbocycles. The van der Waals surface area contributed by atoms with E-state index in [1.165, 1.54) is 36.3 Å². The quantitative estimate of drug-likeness (QED) is 0.190. The van der Waals surface area contributed by atoms with E-state index in [-0.39, 0.29) is 15.8 Å². The Morgan fingerprint density at radius 3 is 2.07 bits per heavy atom. The highest BCUT2D eigenvalue weighted by Gasteiger charge is 2.13. The van der Waals surface area contributed by atoms with Crippen LogP contribution in [0.2, 0.25) is 10.0 Å². The van der Waals surface area contributed by atoms with Crippen LogP contribution in [0.15, 0.2) is 80.4 Å². The molecule has 0 aliphatic heterocycles. The van der Waals surface area contributed by atoms with Gasteiger partial charge in [-0.3, -0.25) is 14.8 Å². The fourth-order valence-electron chi connectivity index (χ4n) is 2.48. The summed E-state index contributed by atoms with van der Waals surface area (Å²) in [5.41, 5.74) is 1.83. The third-order valence-electron chi connectivity index (χ3n) is 3.93. The van der Waals surface area contributed by atoms with Gasteiger partial charge in [0.15, 0.2) is 5.75 Å². The molecular weight excluding hydrogens is 459 g/mol. The first-order chi connectivity index (χ1) is 14.5. The van der Waals surface area contributed by atoms with Gasteiger partial charge in [-0.25, -0.2) is 0 Å². The average molecular weight is 475 g/mol. The molecule has 0 aromatic heterocycles. The van der Waals surface area contributed by atoms with E-state index in [0.29, 0.717) is 17.0 Å². The van der Waals surface area contributed by atoms with Crippen LogP contribution in [0.5, 0.6) is 5.75 Å². The lowest BCUT2D eigenvalue weighted by Gasteiger charge is -2.07. The molecule has 0 spiro atoms. The number of carbonyl (C=O) groups is 1. The van der Waals surface area contributed by atoms with E-state index in [1.54, 1.807) is 10.8 Å². The minimum absolute atomic E-state index is 0.267. The van der Waals surface area contributed by atoms with E-state index in [0.717, 1.165) is 15.5 Å². The van der Waals surface area contributed by atoms with Gasteiger partial charge in [0.1, 0.15) is 0 Å². The van der Waals surface area contributed by atoms with Crippen molar-refractivity contribution in [2.24, 2.45) is 9.98 Å². The highest BCUT2D eigenvalue weighted by atomic mass is 35.5. The second-order valence-electron chi connectivity index (χ2n) is 5.86. The predicted molar refractivity (Wildman–Crippen MR) is 129 cm³/mol. The Hall–Kier alpha value is -2.25. The van der Waals surface area contributed by atoms with E-state index < -0.39 is 0 Å². The summed E-state index contributed by atoms with van der Waals surface area (Å²) in [6.07, 6.45) is 1.26. The number of aliphatic imine (C=N–C) groups is 2. The summed E-state index contributed by atoms with van der Waals surface area (Å²) in [4.78, 5) is 22.9. The Balaban J connectivity index is 1.78. The summed E-state index contributed by atoms with van der Waals surface area (Å²) >= 11 is 12.2. The Morgan fingerprint density at radius 2 is 1.50 bits per heavy atom. The highest BCUT2D eigenvalue weighted by Crippen LogP contribution is 2.44. The van der Waals surface area contributed by atoms with Gasteiger partial charge in [0.25, 0.3) is 0 Å². The standard InChI is InChI=1S/C22H16Cl2N2O2S2/c1-25-17-7-3-5-9-20(17)29-30-21-10-6-4-8-18(21)26-13-19(27)14-11-15(23)22(28-2)16(24)12-14/h3-13H,1H2,2H3. The fourth-order valence-corrected chi connectivity index (χ4v) is 5.38. The Bertz CT molecular complexity index is 1100. The number of ketones is 1. The first kappa shape index (κ1) is 22.4. The monoisotopic (exact) mass is 474 g/mol. The number of carbonyl (C=O) groups excluding carboxylic acids is 1. The lowest BCUT2D eigenvalue weighted by Crippen LogP contribution is -2.01. The first-order valence-electron chi connectivity index (χ1n) is 8.64. The number of methoxy groups -OCH3 is 1. The first-order valence-corrected chi connectivity index (χ1v) is 11.5. The van der Waals surface area contributed by atoms with E-state index in [2.05, 4.69) is 16.7 Å². The molecule has 0 amide bonds. The van der Waals surface area contributed by atoms with Gasteiger partial charge < -0.3 is 4.74 Å². The van der Waals surface area contributed by atoms with E-state index >= 15 is 0 Å². The maximum Gasteiger partial charge on any atom is 0.204 e. The van der Waals surface area contributed by atoms with Crippen molar-refractivity contribution < 1.29 is 9.53 Å². The van der Waals surface area contributed by atoms with Crippen molar-refractivity contribution in [3.05, 3.63) is 76.3 Å². The highest BCUT2D eigenvalue weighted by molar-refractivity contribution is 8.76. The van der Waals surface area contributed by atoms with Crippen molar-refractivity contribution in [2.75, 3.05) is 7.11 Å². The number of para-hydroxylation sites is 2. The van der Waals surface area contributed by atoms with Crippen LogP contribution >= 0.6 is 44.8 Å². The molecule has 0 saturated heterocycles. The number of hydrogen-bond donors (Lipinski definition) is 0. The molecule has 4 nitrogen and oxygen atoms in total. The summed E-state index contributed by atoms with van der Waals surface area (Å²) in [5.74, 6) is 0.0231. The summed E-state index contributed by atoms with van der Waals surface area (Å²) in [6, 6.07) is 18.4. The molecule has 152 valence electrons. The molecular formula is C22H16Cl2N2O2S2. The van der Waals surface area contributed by atoms with Crippen LogP contribution in [-0.4, -0.2) is 25.8 Å². The normalized spacial score (nSPS) is 10.9. The van der Waals surface area contributed by atoms with Crippen molar-refractivity contribution in [1.29, 1.82) is 0 Å². The van der Waals surface area contributed by atoms with Gasteiger partial charge in [-0.2, -0.15) is 0 Å². The summed E-state index contributed by atoms with van der Waals surface area (Å²) < 4.78 is 5.11. The maximum absolute atomic E-state index is 12.6. The van der Waals surface area contributed by atoms with Gasteiger partial charge in [0, 0.05) is 15.4 Å². The molecule has 0 radical (unpaired) electrons. The molecule has 3 rings (SSSR count). The molecule has 0 N–H and O–H groups in total. The molecule has 8 heteroatoms. The van der Waals surface area contributed by atoms with Crippen molar-refractivity contribution in [3.63, 3.8) is 0 Å². The van der Waals surface area contributed by atoms with Crippen LogP contribution in [0.1, 0.15) is 10.4 Å². The van der Waals surface area contributed by atoms with Gasteiger partial charge in [-0.15, -0.1) is 0 Å². The molecule has 0 aliphatic carbocycles. The number of halogens is 2. The fraction of sp³-hybridized carbons (Fsp3) is 0.0455. The van der Waals surface area contributed by atoms with Gasteiger partial charge in [0.05, 0.1) is 34.7 Å². The minimum Gasteiger partial charge on any atom is -0.494 e. The van der Waals surface area contributed by atoms with E-state index in [9.17, 15) is 4.79 Å². The maximum atomic E-state index is 12.6. The number of hydrogen-bond acceptors (Lipinski definition) is 6. The lowest BCUT2D eigenvalue weighted by atomic mass is 10.1. The van der Waals surface area contributed by atoms with Crippen LogP contribution in [0.25, 0.3) is 0 Å². The number of benzene rings is 3. The number of Topliss-reactive ketones (excluding diaryl/α,β-unsaturated/α-hetero) is 1. The Morgan fingerprint density at radius 1 is 0.967 bits per heavy atom. The molecule has 0 aliphatic rings. The molecule has 3 aromatic carbocycles. The molecule has 0 unspecified atom stereocenters. The van der Waals surface area contributed by atoms with Gasteiger partial charge in [-0.05, 0) is 43.1 Å². The number of rotatable bonds is 8. The summed E-state index contributed by atoms with van der Waals surface area (Å²) in [6.45, 7) is 3.60. The summed E-state index contributed by atoms with van der Waals surface area (Å²) in [5, 5.41) is 0.534. The molecule has 0 atom stereocenters. The van der Waals surface area contributed by atoms with E-state index in [4.69, 9.17) is 27.9 Å². The van der Waals surface area contributed by atoms with Gasteiger partial charge in [-0.1, -0.05) is 69.1 Å². The van der Waals surface area contributed by atoms with Crippen LogP contribution < -0.4 is 4.74 Å². The zero-order valence-electron chi connectivity index (χ0n) is 15.8.